The highest BCUT2D eigenvalue weighted by Crippen LogP contribution is 2.21. The first-order valence-electron chi connectivity index (χ1n) is 6.76. The molecule has 0 aliphatic carbocycles. The van der Waals surface area contributed by atoms with Gasteiger partial charge in [-0.3, -0.25) is 0 Å². The van der Waals surface area contributed by atoms with Crippen LogP contribution in [0.2, 0.25) is 0 Å². The van der Waals surface area contributed by atoms with Gasteiger partial charge in [-0.25, -0.2) is 0 Å². The molecule has 0 unspecified atom stereocenters. The molecule has 1 heterocycles. The maximum Gasteiger partial charge on any atom is 0.0483 e. The molecule has 0 saturated heterocycles. The Morgan fingerprint density at radius 1 is 0.895 bits per heavy atom. The van der Waals surface area contributed by atoms with Crippen LogP contribution < -0.4 is 0 Å². The van der Waals surface area contributed by atoms with Gasteiger partial charge in [0.25, 0.3) is 0 Å². The van der Waals surface area contributed by atoms with E-state index in [-0.39, 0.29) is 0 Å². The van der Waals surface area contributed by atoms with E-state index in [2.05, 4.69) is 74.0 Å². The largest absolute Gasteiger partial charge is 0.343 e. The minimum atomic E-state index is 0.950. The monoisotopic (exact) mass is 249 g/mol. The zero-order valence-electron chi connectivity index (χ0n) is 11.8. The number of rotatable bonds is 2. The van der Waals surface area contributed by atoms with Gasteiger partial charge in [-0.2, -0.15) is 0 Å². The van der Waals surface area contributed by atoms with Crippen LogP contribution in [-0.2, 0) is 6.54 Å². The summed E-state index contributed by atoms with van der Waals surface area (Å²) in [5, 5.41) is 1.31. The zero-order valence-corrected chi connectivity index (χ0v) is 11.8. The number of para-hydroxylation sites is 1. The first-order chi connectivity index (χ1) is 9.15. The Balaban J connectivity index is 2.06. The second-order valence-electron chi connectivity index (χ2n) is 5.38. The zero-order chi connectivity index (χ0) is 13.4. The molecule has 3 aromatic rings. The molecule has 96 valence electrons. The first-order valence-corrected chi connectivity index (χ1v) is 6.76. The topological polar surface area (TPSA) is 4.93 Å². The Morgan fingerprint density at radius 2 is 1.58 bits per heavy atom. The van der Waals surface area contributed by atoms with E-state index >= 15 is 0 Å². The predicted molar refractivity (Wildman–Crippen MR) is 81.7 cm³/mol. The average molecular weight is 249 g/mol. The minimum absolute atomic E-state index is 0.950. The van der Waals surface area contributed by atoms with E-state index in [1.54, 1.807) is 0 Å². The number of hydrogen-bond acceptors (Lipinski definition) is 0. The molecule has 0 atom stereocenters. The van der Waals surface area contributed by atoms with Crippen molar-refractivity contribution in [3.63, 3.8) is 0 Å². The molecule has 0 amide bonds. The third kappa shape index (κ3) is 2.17. The van der Waals surface area contributed by atoms with Gasteiger partial charge < -0.3 is 4.57 Å². The van der Waals surface area contributed by atoms with Crippen molar-refractivity contribution in [3.8, 4) is 0 Å². The smallest absolute Gasteiger partial charge is 0.0483 e. The van der Waals surface area contributed by atoms with Gasteiger partial charge in [0, 0.05) is 18.3 Å². The second kappa shape index (κ2) is 4.58. The number of aryl methyl sites for hydroxylation is 3. The molecule has 3 rings (SSSR count). The van der Waals surface area contributed by atoms with Crippen molar-refractivity contribution in [1.82, 2.24) is 4.57 Å². The van der Waals surface area contributed by atoms with E-state index in [9.17, 15) is 0 Å². The minimum Gasteiger partial charge on any atom is -0.343 e. The van der Waals surface area contributed by atoms with E-state index in [0.717, 1.165) is 6.54 Å². The highest BCUT2D eigenvalue weighted by atomic mass is 14.9. The average Bonchev–Trinajstić information content (AvgIpc) is 2.77. The fourth-order valence-electron chi connectivity index (χ4n) is 2.91. The van der Waals surface area contributed by atoms with Crippen LogP contribution in [0.4, 0.5) is 0 Å². The summed E-state index contributed by atoms with van der Waals surface area (Å²) in [6.45, 7) is 7.53. The molecule has 0 bridgehead atoms. The van der Waals surface area contributed by atoms with Gasteiger partial charge >= 0.3 is 0 Å². The van der Waals surface area contributed by atoms with Gasteiger partial charge in [0.2, 0.25) is 0 Å². The molecule has 1 aromatic heterocycles. The second-order valence-corrected chi connectivity index (χ2v) is 5.38. The lowest BCUT2D eigenvalue weighted by Gasteiger charge is -2.13. The number of benzene rings is 2. The Bertz CT molecular complexity index is 711. The van der Waals surface area contributed by atoms with Crippen molar-refractivity contribution < 1.29 is 0 Å². The summed E-state index contributed by atoms with van der Waals surface area (Å²) in [5.41, 5.74) is 6.86. The van der Waals surface area contributed by atoms with Crippen molar-refractivity contribution in [2.75, 3.05) is 0 Å². The fraction of sp³-hybridized carbons (Fsp3) is 0.222. The van der Waals surface area contributed by atoms with E-state index in [0.29, 0.717) is 0 Å². The van der Waals surface area contributed by atoms with Crippen molar-refractivity contribution in [3.05, 3.63) is 70.9 Å². The van der Waals surface area contributed by atoms with Crippen molar-refractivity contribution >= 4 is 10.9 Å². The highest BCUT2D eigenvalue weighted by molar-refractivity contribution is 5.80. The van der Waals surface area contributed by atoms with Gasteiger partial charge in [0.1, 0.15) is 0 Å². The van der Waals surface area contributed by atoms with E-state index in [4.69, 9.17) is 0 Å². The normalized spacial score (nSPS) is 11.1. The maximum absolute atomic E-state index is 2.33. The molecular formula is C18H19N. The molecule has 0 N–H and O–H groups in total. The third-order valence-corrected chi connectivity index (χ3v) is 3.85. The number of fused-ring (bicyclic) bond motifs is 1. The highest BCUT2D eigenvalue weighted by Gasteiger charge is 2.06. The van der Waals surface area contributed by atoms with Crippen molar-refractivity contribution in [1.29, 1.82) is 0 Å². The molecule has 0 aliphatic heterocycles. The molecular weight excluding hydrogens is 230 g/mol. The van der Waals surface area contributed by atoms with Gasteiger partial charge in [-0.1, -0.05) is 35.9 Å². The number of nitrogens with zero attached hydrogens (tertiary/aromatic N) is 1. The molecule has 1 heteroatoms. The lowest BCUT2D eigenvalue weighted by molar-refractivity contribution is 0.823. The third-order valence-electron chi connectivity index (χ3n) is 3.85. The lowest BCUT2D eigenvalue weighted by atomic mass is 10.00. The first kappa shape index (κ1) is 12.0. The van der Waals surface area contributed by atoms with Crippen LogP contribution in [0.15, 0.2) is 48.7 Å². The summed E-state index contributed by atoms with van der Waals surface area (Å²) < 4.78 is 2.33. The Labute approximate surface area is 114 Å². The van der Waals surface area contributed by atoms with E-state index < -0.39 is 0 Å². The Morgan fingerprint density at radius 3 is 2.32 bits per heavy atom. The lowest BCUT2D eigenvalue weighted by Crippen LogP contribution is -2.03. The molecule has 0 fully saturated rings. The van der Waals surface area contributed by atoms with E-state index in [1.165, 1.54) is 33.2 Å². The Hall–Kier alpha value is -2.02. The summed E-state index contributed by atoms with van der Waals surface area (Å²) in [6, 6.07) is 15.3. The summed E-state index contributed by atoms with van der Waals surface area (Å²) in [5.74, 6) is 0. The van der Waals surface area contributed by atoms with Crippen LogP contribution in [0.3, 0.4) is 0 Å². The maximum atomic E-state index is 2.33. The van der Waals surface area contributed by atoms with Gasteiger partial charge in [-0.15, -0.1) is 0 Å². The number of hydrogen-bond donors (Lipinski definition) is 0. The van der Waals surface area contributed by atoms with Crippen LogP contribution in [0.1, 0.15) is 22.3 Å². The Kier molecular flexibility index (Phi) is 2.90. The molecule has 0 radical (unpaired) electrons. The van der Waals surface area contributed by atoms with E-state index in [1.807, 2.05) is 0 Å². The summed E-state index contributed by atoms with van der Waals surface area (Å²) >= 11 is 0. The predicted octanol–water partition coefficient (Wildman–Crippen LogP) is 4.61. The molecule has 0 aliphatic rings. The van der Waals surface area contributed by atoms with Crippen LogP contribution in [0.25, 0.3) is 10.9 Å². The van der Waals surface area contributed by atoms with Gasteiger partial charge in [0.05, 0.1) is 0 Å². The molecule has 19 heavy (non-hydrogen) atoms. The van der Waals surface area contributed by atoms with Gasteiger partial charge in [-0.05, 0) is 55.0 Å². The van der Waals surface area contributed by atoms with Crippen LogP contribution in [-0.4, -0.2) is 4.57 Å². The molecule has 2 aromatic carbocycles. The summed E-state index contributed by atoms with van der Waals surface area (Å²) in [7, 11) is 0. The molecule has 0 spiro atoms. The SMILES string of the molecule is Cc1cc(C)c(Cn2ccc3ccccc32)c(C)c1. The molecule has 1 nitrogen and oxygen atoms in total. The summed E-state index contributed by atoms with van der Waals surface area (Å²) in [6.07, 6.45) is 2.18. The fourth-order valence-corrected chi connectivity index (χ4v) is 2.91. The van der Waals surface area contributed by atoms with Crippen LogP contribution >= 0.6 is 0 Å². The number of aromatic nitrogens is 1. The molecule has 0 saturated carbocycles. The van der Waals surface area contributed by atoms with Gasteiger partial charge in [0.15, 0.2) is 0 Å². The summed E-state index contributed by atoms with van der Waals surface area (Å²) in [4.78, 5) is 0. The standard InChI is InChI=1S/C18H19N/c1-13-10-14(2)17(15(3)11-13)12-19-9-8-16-6-4-5-7-18(16)19/h4-11H,12H2,1-3H3. The van der Waals surface area contributed by atoms with Crippen LogP contribution in [0, 0.1) is 20.8 Å². The van der Waals surface area contributed by atoms with Crippen molar-refractivity contribution in [2.45, 2.75) is 27.3 Å². The van der Waals surface area contributed by atoms with Crippen molar-refractivity contribution in [2.24, 2.45) is 0 Å². The quantitative estimate of drug-likeness (QED) is 0.625. The van der Waals surface area contributed by atoms with Crippen LogP contribution in [0.5, 0.6) is 0 Å².